The SMILES string of the molecule is COc1cccc(CSc2nnc3c(=O)n(-c4cccc(Cl)c4C)ccn23)c1. The van der Waals surface area contributed by atoms with Gasteiger partial charge in [-0.25, -0.2) is 0 Å². The maximum Gasteiger partial charge on any atom is 0.300 e. The van der Waals surface area contributed by atoms with Crippen LogP contribution in [0.4, 0.5) is 0 Å². The molecule has 4 aromatic rings. The number of nitrogens with zero attached hydrogens (tertiary/aromatic N) is 4. The Balaban J connectivity index is 1.67. The molecular weight excluding hydrogens is 396 g/mol. The normalized spacial score (nSPS) is 11.1. The van der Waals surface area contributed by atoms with E-state index in [1.54, 1.807) is 34.5 Å². The van der Waals surface area contributed by atoms with Crippen molar-refractivity contribution in [2.24, 2.45) is 0 Å². The zero-order valence-electron chi connectivity index (χ0n) is 15.3. The Morgan fingerprint density at radius 2 is 1.96 bits per heavy atom. The van der Waals surface area contributed by atoms with Gasteiger partial charge in [-0.05, 0) is 42.3 Å². The van der Waals surface area contributed by atoms with Gasteiger partial charge < -0.3 is 4.74 Å². The molecule has 0 saturated heterocycles. The molecule has 142 valence electrons. The van der Waals surface area contributed by atoms with Gasteiger partial charge in [0.2, 0.25) is 5.65 Å². The van der Waals surface area contributed by atoms with Crippen molar-refractivity contribution < 1.29 is 4.74 Å². The molecule has 0 aliphatic heterocycles. The average Bonchev–Trinajstić information content (AvgIpc) is 3.13. The van der Waals surface area contributed by atoms with Gasteiger partial charge in [-0.1, -0.05) is 41.6 Å². The van der Waals surface area contributed by atoms with E-state index in [-0.39, 0.29) is 11.2 Å². The van der Waals surface area contributed by atoms with Gasteiger partial charge in [0.15, 0.2) is 5.16 Å². The Hall–Kier alpha value is -2.77. The van der Waals surface area contributed by atoms with Crippen LogP contribution in [0.5, 0.6) is 5.75 Å². The Labute approximate surface area is 170 Å². The van der Waals surface area contributed by atoms with Crippen LogP contribution in [0.25, 0.3) is 11.3 Å². The van der Waals surface area contributed by atoms with Crippen LogP contribution in [0.2, 0.25) is 5.02 Å². The van der Waals surface area contributed by atoms with Crippen LogP contribution in [0, 0.1) is 6.92 Å². The summed E-state index contributed by atoms with van der Waals surface area (Å²) < 4.78 is 8.51. The number of benzene rings is 2. The third-order valence-corrected chi connectivity index (χ3v) is 5.86. The summed E-state index contributed by atoms with van der Waals surface area (Å²) in [6.07, 6.45) is 3.51. The molecule has 0 atom stereocenters. The summed E-state index contributed by atoms with van der Waals surface area (Å²) in [7, 11) is 1.64. The van der Waals surface area contributed by atoms with Crippen LogP contribution in [0.3, 0.4) is 0 Å². The molecule has 2 aromatic carbocycles. The zero-order chi connectivity index (χ0) is 19.7. The van der Waals surface area contributed by atoms with Crippen LogP contribution in [0.1, 0.15) is 11.1 Å². The fraction of sp³-hybridized carbons (Fsp3) is 0.150. The molecule has 0 unspecified atom stereocenters. The third kappa shape index (κ3) is 3.39. The summed E-state index contributed by atoms with van der Waals surface area (Å²) in [6.45, 7) is 1.88. The van der Waals surface area contributed by atoms with Gasteiger partial charge in [0.1, 0.15) is 5.75 Å². The second kappa shape index (κ2) is 7.69. The van der Waals surface area contributed by atoms with E-state index >= 15 is 0 Å². The molecule has 8 heteroatoms. The molecule has 2 aromatic heterocycles. The van der Waals surface area contributed by atoms with Crippen molar-refractivity contribution in [1.29, 1.82) is 0 Å². The maximum atomic E-state index is 12.9. The van der Waals surface area contributed by atoms with Crippen molar-refractivity contribution in [2.45, 2.75) is 17.8 Å². The molecular formula is C20H17ClN4O2S. The molecule has 0 radical (unpaired) electrons. The van der Waals surface area contributed by atoms with E-state index in [1.165, 1.54) is 11.8 Å². The lowest BCUT2D eigenvalue weighted by Crippen LogP contribution is -2.21. The minimum atomic E-state index is -0.242. The van der Waals surface area contributed by atoms with Crippen molar-refractivity contribution in [3.05, 3.63) is 81.4 Å². The summed E-state index contributed by atoms with van der Waals surface area (Å²) in [5.74, 6) is 1.50. The fourth-order valence-electron chi connectivity index (χ4n) is 2.92. The lowest BCUT2D eigenvalue weighted by molar-refractivity contribution is 0.414. The first-order valence-electron chi connectivity index (χ1n) is 8.56. The van der Waals surface area contributed by atoms with E-state index in [1.807, 2.05) is 43.3 Å². The first-order chi connectivity index (χ1) is 13.6. The standard InChI is InChI=1S/C20H17ClN4O2S/c1-13-16(21)7-4-8-17(13)24-9-10-25-18(19(24)26)22-23-20(25)28-12-14-5-3-6-15(11-14)27-2/h3-11H,12H2,1-2H3. The smallest absolute Gasteiger partial charge is 0.300 e. The summed E-state index contributed by atoms with van der Waals surface area (Å²) in [5.41, 5.74) is 2.70. The van der Waals surface area contributed by atoms with Crippen molar-refractivity contribution in [2.75, 3.05) is 7.11 Å². The van der Waals surface area contributed by atoms with Gasteiger partial charge in [0.05, 0.1) is 12.8 Å². The number of halogens is 1. The highest BCUT2D eigenvalue weighted by atomic mass is 35.5. The number of hydrogen-bond acceptors (Lipinski definition) is 5. The average molecular weight is 413 g/mol. The van der Waals surface area contributed by atoms with E-state index < -0.39 is 0 Å². The van der Waals surface area contributed by atoms with Gasteiger partial charge in [-0.3, -0.25) is 13.8 Å². The maximum absolute atomic E-state index is 12.9. The number of fused-ring (bicyclic) bond motifs is 1. The Kier molecular flexibility index (Phi) is 5.11. The largest absolute Gasteiger partial charge is 0.497 e. The van der Waals surface area contributed by atoms with Crippen LogP contribution < -0.4 is 10.3 Å². The van der Waals surface area contributed by atoms with Gasteiger partial charge in [-0.15, -0.1) is 10.2 Å². The molecule has 28 heavy (non-hydrogen) atoms. The second-order valence-corrected chi connectivity index (χ2v) is 7.52. The number of aromatic nitrogens is 4. The number of hydrogen-bond donors (Lipinski definition) is 0. The summed E-state index contributed by atoms with van der Waals surface area (Å²) in [5, 5.41) is 9.57. The molecule has 0 spiro atoms. The number of thioether (sulfide) groups is 1. The first-order valence-corrected chi connectivity index (χ1v) is 9.92. The number of rotatable bonds is 5. The van der Waals surface area contributed by atoms with E-state index in [9.17, 15) is 4.79 Å². The molecule has 0 N–H and O–H groups in total. The minimum Gasteiger partial charge on any atom is -0.497 e. The monoisotopic (exact) mass is 412 g/mol. The van der Waals surface area contributed by atoms with Crippen LogP contribution >= 0.6 is 23.4 Å². The molecule has 0 fully saturated rings. The quantitative estimate of drug-likeness (QED) is 0.461. The predicted molar refractivity (Wildman–Crippen MR) is 111 cm³/mol. The summed E-state index contributed by atoms with van der Waals surface area (Å²) in [4.78, 5) is 12.9. The molecule has 0 bridgehead atoms. The minimum absolute atomic E-state index is 0.242. The summed E-state index contributed by atoms with van der Waals surface area (Å²) >= 11 is 7.71. The van der Waals surface area contributed by atoms with Crippen molar-refractivity contribution in [3.63, 3.8) is 0 Å². The van der Waals surface area contributed by atoms with Crippen molar-refractivity contribution in [1.82, 2.24) is 19.2 Å². The lowest BCUT2D eigenvalue weighted by Gasteiger charge is -2.10. The molecule has 0 aliphatic rings. The predicted octanol–water partition coefficient (Wildman–Crippen LogP) is 4.14. The molecule has 0 amide bonds. The number of methoxy groups -OCH3 is 1. The van der Waals surface area contributed by atoms with Gasteiger partial charge in [0.25, 0.3) is 0 Å². The van der Waals surface area contributed by atoms with Gasteiger partial charge in [0, 0.05) is 23.2 Å². The Morgan fingerprint density at radius 1 is 1.14 bits per heavy atom. The molecule has 0 saturated carbocycles. The highest BCUT2D eigenvalue weighted by Gasteiger charge is 2.14. The van der Waals surface area contributed by atoms with Gasteiger partial charge in [-0.2, -0.15) is 0 Å². The molecule has 6 nitrogen and oxygen atoms in total. The zero-order valence-corrected chi connectivity index (χ0v) is 16.9. The highest BCUT2D eigenvalue weighted by molar-refractivity contribution is 7.98. The van der Waals surface area contributed by atoms with E-state index in [2.05, 4.69) is 10.2 Å². The van der Waals surface area contributed by atoms with Crippen LogP contribution in [-0.2, 0) is 5.75 Å². The van der Waals surface area contributed by atoms with Crippen LogP contribution in [0.15, 0.2) is 64.8 Å². The molecule has 2 heterocycles. The Morgan fingerprint density at radius 3 is 2.79 bits per heavy atom. The second-order valence-electron chi connectivity index (χ2n) is 6.17. The van der Waals surface area contributed by atoms with Gasteiger partial charge >= 0.3 is 5.56 Å². The van der Waals surface area contributed by atoms with E-state index in [4.69, 9.17) is 16.3 Å². The summed E-state index contributed by atoms with van der Waals surface area (Å²) in [6, 6.07) is 13.3. The number of ether oxygens (including phenoxy) is 1. The highest BCUT2D eigenvalue weighted by Crippen LogP contribution is 2.24. The van der Waals surface area contributed by atoms with Crippen LogP contribution in [-0.4, -0.2) is 26.3 Å². The first kappa shape index (κ1) is 18.6. The third-order valence-electron chi connectivity index (χ3n) is 4.44. The fourth-order valence-corrected chi connectivity index (χ4v) is 3.95. The molecule has 0 aliphatic carbocycles. The molecule has 4 rings (SSSR count). The lowest BCUT2D eigenvalue weighted by atomic mass is 10.2. The topological polar surface area (TPSA) is 61.4 Å². The Bertz CT molecular complexity index is 1220. The van der Waals surface area contributed by atoms with E-state index in [0.29, 0.717) is 15.9 Å². The van der Waals surface area contributed by atoms with Crippen molar-refractivity contribution >= 4 is 29.0 Å². The van der Waals surface area contributed by atoms with E-state index in [0.717, 1.165) is 22.6 Å². The van der Waals surface area contributed by atoms with Crippen molar-refractivity contribution in [3.8, 4) is 11.4 Å².